The molecule has 0 atom stereocenters. The SMILES string of the molecule is Cc1ccc(OCC2(O)CCN(Cc3cccc(OCCN4CCCCC4)c3)CC2)c(C)c1. The number of rotatable bonds is 9. The second kappa shape index (κ2) is 11.4. The van der Waals surface area contributed by atoms with Crippen molar-refractivity contribution < 1.29 is 14.6 Å². The molecule has 2 aromatic rings. The Hall–Kier alpha value is -2.08. The topological polar surface area (TPSA) is 45.2 Å². The highest BCUT2D eigenvalue weighted by Crippen LogP contribution is 2.27. The fourth-order valence-electron chi connectivity index (χ4n) is 4.91. The summed E-state index contributed by atoms with van der Waals surface area (Å²) in [6, 6.07) is 14.7. The highest BCUT2D eigenvalue weighted by Gasteiger charge is 2.33. The van der Waals surface area contributed by atoms with Crippen LogP contribution in [0.15, 0.2) is 42.5 Å². The maximum absolute atomic E-state index is 11.0. The molecule has 0 radical (unpaired) electrons. The molecule has 0 bridgehead atoms. The van der Waals surface area contributed by atoms with Gasteiger partial charge in [0.05, 0.1) is 0 Å². The van der Waals surface area contributed by atoms with Crippen LogP contribution in [0, 0.1) is 13.8 Å². The van der Waals surface area contributed by atoms with Gasteiger partial charge >= 0.3 is 0 Å². The van der Waals surface area contributed by atoms with Crippen LogP contribution in [0.2, 0.25) is 0 Å². The van der Waals surface area contributed by atoms with Gasteiger partial charge in [-0.25, -0.2) is 0 Å². The Bertz CT molecular complexity index is 886. The predicted molar refractivity (Wildman–Crippen MR) is 133 cm³/mol. The van der Waals surface area contributed by atoms with E-state index in [-0.39, 0.29) is 0 Å². The average Bonchev–Trinajstić information content (AvgIpc) is 2.81. The minimum atomic E-state index is -0.757. The zero-order valence-corrected chi connectivity index (χ0v) is 20.4. The molecule has 0 aliphatic carbocycles. The van der Waals surface area contributed by atoms with Crippen molar-refractivity contribution in [3.8, 4) is 11.5 Å². The van der Waals surface area contributed by atoms with Gasteiger partial charge in [0.1, 0.15) is 30.3 Å². The second-order valence-electron chi connectivity index (χ2n) is 9.96. The first-order valence-corrected chi connectivity index (χ1v) is 12.6. The summed E-state index contributed by atoms with van der Waals surface area (Å²) in [6.45, 7) is 11.3. The molecule has 2 aliphatic heterocycles. The van der Waals surface area contributed by atoms with Crippen LogP contribution < -0.4 is 9.47 Å². The van der Waals surface area contributed by atoms with Crippen LogP contribution in [-0.2, 0) is 6.54 Å². The lowest BCUT2D eigenvalue weighted by atomic mass is 9.92. The molecular formula is C28H40N2O3. The highest BCUT2D eigenvalue weighted by atomic mass is 16.5. The molecule has 180 valence electrons. The fraction of sp³-hybridized carbons (Fsp3) is 0.571. The molecule has 0 spiro atoms. The van der Waals surface area contributed by atoms with Crippen LogP contribution in [0.1, 0.15) is 48.8 Å². The second-order valence-corrected chi connectivity index (χ2v) is 9.96. The van der Waals surface area contributed by atoms with Gasteiger partial charge in [0.15, 0.2) is 0 Å². The largest absolute Gasteiger partial charge is 0.492 e. The summed E-state index contributed by atoms with van der Waals surface area (Å²) in [5.74, 6) is 1.83. The molecule has 2 aromatic carbocycles. The molecule has 0 saturated carbocycles. The van der Waals surface area contributed by atoms with Crippen molar-refractivity contribution >= 4 is 0 Å². The number of aliphatic hydroxyl groups is 1. The minimum Gasteiger partial charge on any atom is -0.492 e. The summed E-state index contributed by atoms with van der Waals surface area (Å²) < 4.78 is 12.0. The quantitative estimate of drug-likeness (QED) is 0.604. The van der Waals surface area contributed by atoms with Crippen molar-refractivity contribution in [1.29, 1.82) is 0 Å². The van der Waals surface area contributed by atoms with Crippen molar-refractivity contribution in [1.82, 2.24) is 9.80 Å². The van der Waals surface area contributed by atoms with E-state index in [1.807, 2.05) is 6.07 Å². The molecule has 0 amide bonds. The summed E-state index contributed by atoms with van der Waals surface area (Å²) in [7, 11) is 0. The minimum absolute atomic E-state index is 0.352. The first-order valence-electron chi connectivity index (χ1n) is 12.6. The number of likely N-dealkylation sites (tertiary alicyclic amines) is 2. The Morgan fingerprint density at radius 2 is 1.67 bits per heavy atom. The molecule has 5 heteroatoms. The smallest absolute Gasteiger partial charge is 0.122 e. The van der Waals surface area contributed by atoms with Gasteiger partial charge < -0.3 is 14.6 Å². The monoisotopic (exact) mass is 452 g/mol. The van der Waals surface area contributed by atoms with Crippen LogP contribution in [0.25, 0.3) is 0 Å². The number of hydrogen-bond donors (Lipinski definition) is 1. The van der Waals surface area contributed by atoms with Crippen molar-refractivity contribution in [3.05, 3.63) is 59.2 Å². The van der Waals surface area contributed by atoms with Gasteiger partial charge in [-0.3, -0.25) is 9.80 Å². The predicted octanol–water partition coefficient (Wildman–Crippen LogP) is 4.57. The molecule has 2 aliphatic rings. The Morgan fingerprint density at radius 1 is 0.879 bits per heavy atom. The van der Waals surface area contributed by atoms with Crippen LogP contribution >= 0.6 is 0 Å². The number of nitrogens with zero attached hydrogens (tertiary/aromatic N) is 2. The summed E-state index contributed by atoms with van der Waals surface area (Å²) in [4.78, 5) is 4.92. The van der Waals surface area contributed by atoms with Crippen molar-refractivity contribution in [3.63, 3.8) is 0 Å². The zero-order valence-electron chi connectivity index (χ0n) is 20.4. The third kappa shape index (κ3) is 7.20. The van der Waals surface area contributed by atoms with Crippen molar-refractivity contribution in [2.45, 2.75) is 58.1 Å². The third-order valence-electron chi connectivity index (χ3n) is 7.04. The lowest BCUT2D eigenvalue weighted by Crippen LogP contribution is -2.47. The van der Waals surface area contributed by atoms with Gasteiger partial charge in [-0.1, -0.05) is 36.2 Å². The van der Waals surface area contributed by atoms with E-state index >= 15 is 0 Å². The first-order chi connectivity index (χ1) is 16.0. The van der Waals surface area contributed by atoms with E-state index in [1.165, 1.54) is 43.5 Å². The molecular weight excluding hydrogens is 412 g/mol. The zero-order chi connectivity index (χ0) is 23.1. The van der Waals surface area contributed by atoms with Crippen LogP contribution in [0.3, 0.4) is 0 Å². The lowest BCUT2D eigenvalue weighted by molar-refractivity contribution is -0.0538. The van der Waals surface area contributed by atoms with E-state index in [2.05, 4.69) is 60.0 Å². The van der Waals surface area contributed by atoms with Gasteiger partial charge in [0.2, 0.25) is 0 Å². The van der Waals surface area contributed by atoms with Gasteiger partial charge in [0, 0.05) is 26.2 Å². The summed E-state index contributed by atoms with van der Waals surface area (Å²) in [5.41, 5.74) is 2.85. The molecule has 2 heterocycles. The van der Waals surface area contributed by atoms with Crippen LogP contribution in [0.5, 0.6) is 11.5 Å². The molecule has 0 unspecified atom stereocenters. The Morgan fingerprint density at radius 3 is 2.42 bits per heavy atom. The molecule has 2 saturated heterocycles. The van der Waals surface area contributed by atoms with Crippen molar-refractivity contribution in [2.24, 2.45) is 0 Å². The number of aryl methyl sites for hydroxylation is 2. The standard InChI is InChI=1S/C28H40N2O3/c1-23-9-10-27(24(2)19-23)33-22-28(31)11-15-30(16-12-28)21-25-7-6-8-26(20-25)32-18-17-29-13-4-3-5-14-29/h6-10,19-20,31H,3-5,11-18,21-22H2,1-2H3. The van der Waals surface area contributed by atoms with E-state index in [9.17, 15) is 5.11 Å². The van der Waals surface area contributed by atoms with E-state index in [1.54, 1.807) is 0 Å². The summed E-state index contributed by atoms with van der Waals surface area (Å²) in [5, 5.41) is 11.0. The van der Waals surface area contributed by atoms with E-state index in [4.69, 9.17) is 9.47 Å². The van der Waals surface area contributed by atoms with Crippen LogP contribution in [-0.4, -0.2) is 66.4 Å². The van der Waals surface area contributed by atoms with E-state index in [0.29, 0.717) is 6.61 Å². The fourth-order valence-corrected chi connectivity index (χ4v) is 4.91. The Kier molecular flexibility index (Phi) is 8.29. The van der Waals surface area contributed by atoms with E-state index < -0.39 is 5.60 Å². The van der Waals surface area contributed by atoms with Crippen LogP contribution in [0.4, 0.5) is 0 Å². The van der Waals surface area contributed by atoms with Gasteiger partial charge in [-0.15, -0.1) is 0 Å². The highest BCUT2D eigenvalue weighted by molar-refractivity contribution is 5.35. The normalized spacial score (nSPS) is 19.4. The molecule has 4 rings (SSSR count). The summed E-state index contributed by atoms with van der Waals surface area (Å²) >= 11 is 0. The Labute approximate surface area is 199 Å². The van der Waals surface area contributed by atoms with Gasteiger partial charge in [-0.2, -0.15) is 0 Å². The molecule has 5 nitrogen and oxygen atoms in total. The molecule has 33 heavy (non-hydrogen) atoms. The maximum atomic E-state index is 11.0. The Balaban J connectivity index is 1.21. The van der Waals surface area contributed by atoms with Gasteiger partial charge in [-0.05, 0) is 81.9 Å². The summed E-state index contributed by atoms with van der Waals surface area (Å²) in [6.07, 6.45) is 5.46. The lowest BCUT2D eigenvalue weighted by Gasteiger charge is -2.38. The van der Waals surface area contributed by atoms with E-state index in [0.717, 1.165) is 62.7 Å². The number of benzene rings is 2. The molecule has 2 fully saturated rings. The average molecular weight is 453 g/mol. The third-order valence-corrected chi connectivity index (χ3v) is 7.04. The van der Waals surface area contributed by atoms with Crippen molar-refractivity contribution in [2.75, 3.05) is 45.9 Å². The van der Waals surface area contributed by atoms with Gasteiger partial charge in [0.25, 0.3) is 0 Å². The molecule has 0 aromatic heterocycles. The number of ether oxygens (including phenoxy) is 2. The molecule has 1 N–H and O–H groups in total. The first kappa shape index (κ1) is 24.1. The maximum Gasteiger partial charge on any atom is 0.122 e. The number of piperidine rings is 2. The number of hydrogen-bond acceptors (Lipinski definition) is 5.